The molecule has 1 aromatic carbocycles. The summed E-state index contributed by atoms with van der Waals surface area (Å²) < 4.78 is 0. The summed E-state index contributed by atoms with van der Waals surface area (Å²) in [6.45, 7) is 0. The molecule has 0 aliphatic carbocycles. The van der Waals surface area contributed by atoms with E-state index in [0.29, 0.717) is 5.56 Å². The molecule has 1 amide bonds. The number of phenolic OH excluding ortho intramolecular Hbond substituents is 1. The number of carbonyl (C=O) groups is 1. The van der Waals surface area contributed by atoms with Gasteiger partial charge in [0.05, 0.1) is 6.42 Å². The van der Waals surface area contributed by atoms with Crippen LogP contribution in [0.2, 0.25) is 0 Å². The largest absolute Gasteiger partial charge is 0.508 e. The minimum atomic E-state index is -0.339. The van der Waals surface area contributed by atoms with Gasteiger partial charge in [0.25, 0.3) is 5.56 Å². The van der Waals surface area contributed by atoms with E-state index in [1.807, 2.05) is 0 Å². The maximum Gasteiger partial charge on any atom is 0.264 e. The number of benzene rings is 1. The lowest BCUT2D eigenvalue weighted by atomic mass is 10.1. The van der Waals surface area contributed by atoms with Crippen molar-refractivity contribution in [1.29, 1.82) is 0 Å². The first-order valence-electron chi connectivity index (χ1n) is 5.27. The van der Waals surface area contributed by atoms with Gasteiger partial charge in [-0.2, -0.15) is 5.10 Å². The molecular formula is C12H11N3O3. The highest BCUT2D eigenvalue weighted by atomic mass is 16.3. The summed E-state index contributed by atoms with van der Waals surface area (Å²) in [5, 5.41) is 17.9. The number of hydrogen-bond donors (Lipinski definition) is 3. The fourth-order valence-corrected chi connectivity index (χ4v) is 1.43. The Bertz CT molecular complexity index is 601. The van der Waals surface area contributed by atoms with E-state index >= 15 is 0 Å². The molecule has 1 aromatic heterocycles. The average molecular weight is 245 g/mol. The van der Waals surface area contributed by atoms with Crippen LogP contribution in [0.25, 0.3) is 0 Å². The van der Waals surface area contributed by atoms with Crippen molar-refractivity contribution in [2.24, 2.45) is 0 Å². The van der Waals surface area contributed by atoms with E-state index in [2.05, 4.69) is 15.5 Å². The Hall–Kier alpha value is -2.63. The van der Waals surface area contributed by atoms with Crippen LogP contribution in [0.1, 0.15) is 5.56 Å². The number of nitrogens with zero attached hydrogens (tertiary/aromatic N) is 1. The molecule has 6 nitrogen and oxygen atoms in total. The van der Waals surface area contributed by atoms with Crippen LogP contribution in [-0.2, 0) is 11.2 Å². The van der Waals surface area contributed by atoms with E-state index in [0.717, 1.165) is 0 Å². The molecule has 0 unspecified atom stereocenters. The summed E-state index contributed by atoms with van der Waals surface area (Å²) in [5.74, 6) is 0.00754. The predicted octanol–water partition coefficient (Wildman–Crippen LogP) is 0.657. The molecule has 0 fully saturated rings. The first-order valence-corrected chi connectivity index (χ1v) is 5.27. The molecule has 6 heteroatoms. The lowest BCUT2D eigenvalue weighted by molar-refractivity contribution is -0.115. The number of H-pyrrole nitrogens is 1. The molecule has 0 aliphatic heterocycles. The smallest absolute Gasteiger partial charge is 0.264 e. The fraction of sp³-hybridized carbons (Fsp3) is 0.0833. The van der Waals surface area contributed by atoms with E-state index in [9.17, 15) is 14.7 Å². The molecule has 0 aliphatic rings. The Kier molecular flexibility index (Phi) is 3.38. The monoisotopic (exact) mass is 245 g/mol. The van der Waals surface area contributed by atoms with Gasteiger partial charge in [0, 0.05) is 11.6 Å². The van der Waals surface area contributed by atoms with Crippen molar-refractivity contribution in [3.8, 4) is 5.75 Å². The minimum absolute atomic E-state index is 0.0352. The van der Waals surface area contributed by atoms with Crippen molar-refractivity contribution in [1.82, 2.24) is 10.2 Å². The molecular weight excluding hydrogens is 234 g/mol. The van der Waals surface area contributed by atoms with Crippen molar-refractivity contribution in [3.05, 3.63) is 52.3 Å². The Labute approximate surface area is 102 Å². The van der Waals surface area contributed by atoms with Gasteiger partial charge in [0.1, 0.15) is 5.75 Å². The molecule has 0 saturated heterocycles. The zero-order valence-corrected chi connectivity index (χ0v) is 9.38. The number of rotatable bonds is 3. The van der Waals surface area contributed by atoms with Gasteiger partial charge in [-0.05, 0) is 12.1 Å². The molecule has 3 N–H and O–H groups in total. The molecule has 0 atom stereocenters. The third kappa shape index (κ3) is 2.94. The zero-order chi connectivity index (χ0) is 13.0. The summed E-state index contributed by atoms with van der Waals surface area (Å²) in [7, 11) is 0. The average Bonchev–Trinajstić information content (AvgIpc) is 2.35. The number of carbonyl (C=O) groups excluding carboxylic acids is 1. The Balaban J connectivity index is 2.03. The second-order valence-corrected chi connectivity index (χ2v) is 3.66. The van der Waals surface area contributed by atoms with Crippen LogP contribution in [-0.4, -0.2) is 21.2 Å². The highest BCUT2D eigenvalue weighted by Crippen LogP contribution is 2.16. The van der Waals surface area contributed by atoms with Crippen LogP contribution in [0.4, 0.5) is 5.82 Å². The molecule has 1 heterocycles. The van der Waals surface area contributed by atoms with E-state index in [-0.39, 0.29) is 29.5 Å². The SMILES string of the molecule is O=C(Cc1ccccc1O)Nc1ccc(=O)[nH]n1. The number of amides is 1. The van der Waals surface area contributed by atoms with Gasteiger partial charge < -0.3 is 10.4 Å². The molecule has 0 radical (unpaired) electrons. The third-order valence-electron chi connectivity index (χ3n) is 2.29. The van der Waals surface area contributed by atoms with Gasteiger partial charge >= 0.3 is 0 Å². The van der Waals surface area contributed by atoms with Crippen molar-refractivity contribution >= 4 is 11.7 Å². The topological polar surface area (TPSA) is 95.1 Å². The van der Waals surface area contributed by atoms with Gasteiger partial charge in [0.15, 0.2) is 5.82 Å². The van der Waals surface area contributed by atoms with Gasteiger partial charge in [-0.25, -0.2) is 5.10 Å². The van der Waals surface area contributed by atoms with Crippen molar-refractivity contribution in [2.75, 3.05) is 5.32 Å². The third-order valence-corrected chi connectivity index (χ3v) is 2.29. The number of aromatic amines is 1. The molecule has 92 valence electrons. The van der Waals surface area contributed by atoms with Crippen LogP contribution in [0.5, 0.6) is 5.75 Å². The number of nitrogens with one attached hydrogen (secondary N) is 2. The van der Waals surface area contributed by atoms with Crippen LogP contribution >= 0.6 is 0 Å². The number of para-hydroxylation sites is 1. The van der Waals surface area contributed by atoms with Gasteiger partial charge in [-0.3, -0.25) is 9.59 Å². The summed E-state index contributed by atoms with van der Waals surface area (Å²) >= 11 is 0. The lowest BCUT2D eigenvalue weighted by Crippen LogP contribution is -2.17. The van der Waals surface area contributed by atoms with Crippen LogP contribution < -0.4 is 10.9 Å². The van der Waals surface area contributed by atoms with Gasteiger partial charge in [-0.1, -0.05) is 18.2 Å². The second kappa shape index (κ2) is 5.13. The number of phenols is 1. The fourth-order valence-electron chi connectivity index (χ4n) is 1.43. The number of aromatic hydroxyl groups is 1. The van der Waals surface area contributed by atoms with Crippen LogP contribution in [0.3, 0.4) is 0 Å². The standard InChI is InChI=1S/C12H11N3O3/c16-9-4-2-1-3-8(9)7-12(18)13-10-5-6-11(17)15-14-10/h1-6,16H,7H2,(H,15,17)(H,13,14,18). The Morgan fingerprint density at radius 3 is 2.72 bits per heavy atom. The molecule has 18 heavy (non-hydrogen) atoms. The second-order valence-electron chi connectivity index (χ2n) is 3.66. The first-order chi connectivity index (χ1) is 8.65. The maximum atomic E-state index is 11.7. The Morgan fingerprint density at radius 1 is 1.28 bits per heavy atom. The summed E-state index contributed by atoms with van der Waals surface area (Å²) in [5.41, 5.74) is 0.188. The summed E-state index contributed by atoms with van der Waals surface area (Å²) in [6, 6.07) is 9.26. The normalized spacial score (nSPS) is 10.0. The molecule has 2 aromatic rings. The van der Waals surface area contributed by atoms with Crippen molar-refractivity contribution in [3.63, 3.8) is 0 Å². The molecule has 0 saturated carbocycles. The molecule has 2 rings (SSSR count). The summed E-state index contributed by atoms with van der Waals surface area (Å²) in [6.07, 6.45) is 0.0352. The van der Waals surface area contributed by atoms with E-state index < -0.39 is 0 Å². The van der Waals surface area contributed by atoms with E-state index in [1.165, 1.54) is 18.2 Å². The number of aromatic nitrogens is 2. The first kappa shape index (κ1) is 11.8. The minimum Gasteiger partial charge on any atom is -0.508 e. The maximum absolute atomic E-state index is 11.7. The quantitative estimate of drug-likeness (QED) is 0.740. The molecule has 0 bridgehead atoms. The van der Waals surface area contributed by atoms with E-state index in [4.69, 9.17) is 0 Å². The lowest BCUT2D eigenvalue weighted by Gasteiger charge is -2.05. The highest BCUT2D eigenvalue weighted by molar-refractivity contribution is 5.91. The van der Waals surface area contributed by atoms with E-state index in [1.54, 1.807) is 18.2 Å². The van der Waals surface area contributed by atoms with Gasteiger partial charge in [0.2, 0.25) is 5.91 Å². The number of anilines is 1. The van der Waals surface area contributed by atoms with Gasteiger partial charge in [-0.15, -0.1) is 0 Å². The van der Waals surface area contributed by atoms with Crippen molar-refractivity contribution in [2.45, 2.75) is 6.42 Å². The van der Waals surface area contributed by atoms with Crippen molar-refractivity contribution < 1.29 is 9.90 Å². The predicted molar refractivity (Wildman–Crippen MR) is 65.3 cm³/mol. The number of hydrogen-bond acceptors (Lipinski definition) is 4. The summed E-state index contributed by atoms with van der Waals surface area (Å²) in [4.78, 5) is 22.4. The van der Waals surface area contributed by atoms with Crippen LogP contribution in [0.15, 0.2) is 41.2 Å². The van der Waals surface area contributed by atoms with Crippen LogP contribution in [0, 0.1) is 0 Å². The highest BCUT2D eigenvalue weighted by Gasteiger charge is 2.07. The molecule has 0 spiro atoms. The Morgan fingerprint density at radius 2 is 2.06 bits per heavy atom. The zero-order valence-electron chi connectivity index (χ0n) is 9.38.